The summed E-state index contributed by atoms with van der Waals surface area (Å²) in [6.45, 7) is 4.98. The Kier molecular flexibility index (Phi) is 8.06. The molecule has 0 aromatic carbocycles. The highest BCUT2D eigenvalue weighted by atomic mass is 16.4. The van der Waals surface area contributed by atoms with Crippen LogP contribution >= 0.6 is 0 Å². The van der Waals surface area contributed by atoms with Crippen LogP contribution in [0.1, 0.15) is 52.4 Å². The number of carboxylic acid groups (broad SMARTS) is 1. The lowest BCUT2D eigenvalue weighted by Crippen LogP contribution is -2.47. The van der Waals surface area contributed by atoms with Crippen molar-refractivity contribution >= 4 is 17.8 Å². The molecule has 0 bridgehead atoms. The number of rotatable bonds is 8. The van der Waals surface area contributed by atoms with Crippen molar-refractivity contribution in [3.05, 3.63) is 0 Å². The van der Waals surface area contributed by atoms with Crippen molar-refractivity contribution in [1.82, 2.24) is 9.80 Å². The van der Waals surface area contributed by atoms with Crippen molar-refractivity contribution in [2.45, 2.75) is 52.4 Å². The topological polar surface area (TPSA) is 77.9 Å². The first-order chi connectivity index (χ1) is 10.9. The van der Waals surface area contributed by atoms with Gasteiger partial charge in [-0.1, -0.05) is 26.7 Å². The SMILES string of the molecule is CCCC(CCC)C(=O)N(C)CC(=O)N1CCCC(C(=O)O)C1. The summed E-state index contributed by atoms with van der Waals surface area (Å²) in [5.74, 6) is -1.48. The Labute approximate surface area is 138 Å². The Hall–Kier alpha value is -1.59. The molecule has 1 N–H and O–H groups in total. The molecule has 1 unspecified atom stereocenters. The number of hydrogen-bond acceptors (Lipinski definition) is 3. The van der Waals surface area contributed by atoms with Crippen LogP contribution in [0.4, 0.5) is 0 Å². The van der Waals surface area contributed by atoms with E-state index in [0.717, 1.165) is 25.7 Å². The lowest BCUT2D eigenvalue weighted by atomic mass is 9.96. The Bertz CT molecular complexity index is 419. The fourth-order valence-electron chi connectivity index (χ4n) is 3.19. The van der Waals surface area contributed by atoms with Gasteiger partial charge >= 0.3 is 5.97 Å². The highest BCUT2D eigenvalue weighted by molar-refractivity contribution is 5.86. The number of likely N-dealkylation sites (N-methyl/N-ethyl adjacent to an activating group) is 1. The van der Waals surface area contributed by atoms with E-state index in [2.05, 4.69) is 13.8 Å². The molecule has 1 saturated heterocycles. The van der Waals surface area contributed by atoms with E-state index in [9.17, 15) is 14.4 Å². The van der Waals surface area contributed by atoms with Gasteiger partial charge < -0.3 is 14.9 Å². The second-order valence-electron chi connectivity index (χ2n) is 6.49. The molecule has 1 atom stereocenters. The normalized spacial score (nSPS) is 18.1. The molecular weight excluding hydrogens is 296 g/mol. The third-order valence-corrected chi connectivity index (χ3v) is 4.50. The summed E-state index contributed by atoms with van der Waals surface area (Å²) in [5.41, 5.74) is 0. The monoisotopic (exact) mass is 326 g/mol. The van der Waals surface area contributed by atoms with Gasteiger partial charge in [0.15, 0.2) is 0 Å². The second kappa shape index (κ2) is 9.53. The molecule has 23 heavy (non-hydrogen) atoms. The van der Waals surface area contributed by atoms with Gasteiger partial charge in [-0.05, 0) is 25.7 Å². The molecule has 0 aromatic rings. The minimum atomic E-state index is -0.849. The average Bonchev–Trinajstić information content (AvgIpc) is 2.53. The Morgan fingerprint density at radius 2 is 1.83 bits per heavy atom. The first-order valence-electron chi connectivity index (χ1n) is 8.66. The molecule has 0 radical (unpaired) electrons. The van der Waals surface area contributed by atoms with E-state index in [1.807, 2.05) is 0 Å². The van der Waals surface area contributed by atoms with E-state index < -0.39 is 11.9 Å². The number of amides is 2. The van der Waals surface area contributed by atoms with Crippen LogP contribution in [-0.4, -0.2) is 59.4 Å². The summed E-state index contributed by atoms with van der Waals surface area (Å²) < 4.78 is 0. The first-order valence-corrected chi connectivity index (χ1v) is 8.66. The van der Waals surface area contributed by atoms with Gasteiger partial charge in [-0.15, -0.1) is 0 Å². The van der Waals surface area contributed by atoms with Crippen molar-refractivity contribution in [3.8, 4) is 0 Å². The van der Waals surface area contributed by atoms with Crippen LogP contribution in [0.2, 0.25) is 0 Å². The van der Waals surface area contributed by atoms with E-state index in [-0.39, 0.29) is 30.8 Å². The van der Waals surface area contributed by atoms with Crippen molar-refractivity contribution in [2.24, 2.45) is 11.8 Å². The zero-order valence-corrected chi connectivity index (χ0v) is 14.6. The molecule has 2 amide bonds. The molecule has 1 rings (SSSR count). The number of carbonyl (C=O) groups excluding carboxylic acids is 2. The van der Waals surface area contributed by atoms with Crippen LogP contribution in [0.25, 0.3) is 0 Å². The molecule has 132 valence electrons. The van der Waals surface area contributed by atoms with E-state index in [4.69, 9.17) is 5.11 Å². The van der Waals surface area contributed by atoms with Crippen LogP contribution in [-0.2, 0) is 14.4 Å². The predicted molar refractivity (Wildman–Crippen MR) is 87.9 cm³/mol. The molecule has 0 saturated carbocycles. The number of hydrogen-bond donors (Lipinski definition) is 1. The zero-order chi connectivity index (χ0) is 17.4. The molecule has 1 fully saturated rings. The van der Waals surface area contributed by atoms with Crippen LogP contribution in [0.15, 0.2) is 0 Å². The Morgan fingerprint density at radius 3 is 2.35 bits per heavy atom. The Morgan fingerprint density at radius 1 is 1.22 bits per heavy atom. The summed E-state index contributed by atoms with van der Waals surface area (Å²) in [6, 6.07) is 0. The number of nitrogens with zero attached hydrogens (tertiary/aromatic N) is 2. The highest BCUT2D eigenvalue weighted by Gasteiger charge is 2.29. The lowest BCUT2D eigenvalue weighted by molar-refractivity contribution is -0.148. The zero-order valence-electron chi connectivity index (χ0n) is 14.6. The number of piperidine rings is 1. The number of likely N-dealkylation sites (tertiary alicyclic amines) is 1. The van der Waals surface area contributed by atoms with E-state index in [0.29, 0.717) is 19.4 Å². The van der Waals surface area contributed by atoms with Gasteiger partial charge in [-0.2, -0.15) is 0 Å². The van der Waals surface area contributed by atoms with Gasteiger partial charge in [0.25, 0.3) is 0 Å². The maximum absolute atomic E-state index is 12.5. The molecule has 0 aliphatic carbocycles. The van der Waals surface area contributed by atoms with Gasteiger partial charge in [-0.25, -0.2) is 0 Å². The molecule has 1 aliphatic rings. The standard InChI is InChI=1S/C17H30N2O4/c1-4-7-13(8-5-2)16(21)18(3)12-15(20)19-10-6-9-14(11-19)17(22)23/h13-14H,4-12H2,1-3H3,(H,22,23). The minimum Gasteiger partial charge on any atom is -0.481 e. The van der Waals surface area contributed by atoms with Gasteiger partial charge in [0.05, 0.1) is 12.5 Å². The maximum Gasteiger partial charge on any atom is 0.308 e. The summed E-state index contributed by atoms with van der Waals surface area (Å²) in [5, 5.41) is 9.10. The van der Waals surface area contributed by atoms with Crippen LogP contribution in [0.3, 0.4) is 0 Å². The van der Waals surface area contributed by atoms with Gasteiger partial charge in [0.2, 0.25) is 11.8 Å². The van der Waals surface area contributed by atoms with Crippen molar-refractivity contribution in [2.75, 3.05) is 26.7 Å². The van der Waals surface area contributed by atoms with E-state index >= 15 is 0 Å². The largest absolute Gasteiger partial charge is 0.481 e. The van der Waals surface area contributed by atoms with Crippen molar-refractivity contribution in [1.29, 1.82) is 0 Å². The Balaban J connectivity index is 2.57. The molecule has 1 aliphatic heterocycles. The van der Waals surface area contributed by atoms with Gasteiger partial charge in [0.1, 0.15) is 0 Å². The molecule has 6 nitrogen and oxygen atoms in total. The smallest absolute Gasteiger partial charge is 0.308 e. The average molecular weight is 326 g/mol. The maximum atomic E-state index is 12.5. The highest BCUT2D eigenvalue weighted by Crippen LogP contribution is 2.18. The molecule has 6 heteroatoms. The third kappa shape index (κ3) is 5.84. The van der Waals surface area contributed by atoms with Crippen molar-refractivity contribution in [3.63, 3.8) is 0 Å². The summed E-state index contributed by atoms with van der Waals surface area (Å²) >= 11 is 0. The molecule has 1 heterocycles. The predicted octanol–water partition coefficient (Wildman–Crippen LogP) is 1.98. The fourth-order valence-corrected chi connectivity index (χ4v) is 3.19. The molecule has 0 spiro atoms. The molecular formula is C17H30N2O4. The quantitative estimate of drug-likeness (QED) is 0.740. The fraction of sp³-hybridized carbons (Fsp3) is 0.824. The van der Waals surface area contributed by atoms with Crippen LogP contribution < -0.4 is 0 Å². The van der Waals surface area contributed by atoms with Crippen molar-refractivity contribution < 1.29 is 19.5 Å². The summed E-state index contributed by atoms with van der Waals surface area (Å²) in [6.07, 6.45) is 4.90. The third-order valence-electron chi connectivity index (χ3n) is 4.50. The van der Waals surface area contributed by atoms with Gasteiger partial charge in [0, 0.05) is 26.1 Å². The van der Waals surface area contributed by atoms with Gasteiger partial charge in [-0.3, -0.25) is 14.4 Å². The lowest BCUT2D eigenvalue weighted by Gasteiger charge is -2.32. The minimum absolute atomic E-state index is 0.0177. The number of carboxylic acids is 1. The molecule has 0 aromatic heterocycles. The summed E-state index contributed by atoms with van der Waals surface area (Å²) in [7, 11) is 1.66. The second-order valence-corrected chi connectivity index (χ2v) is 6.49. The number of carbonyl (C=O) groups is 3. The van der Waals surface area contributed by atoms with E-state index in [1.165, 1.54) is 4.90 Å². The van der Waals surface area contributed by atoms with Crippen LogP contribution in [0, 0.1) is 11.8 Å². The van der Waals surface area contributed by atoms with Crippen LogP contribution in [0.5, 0.6) is 0 Å². The summed E-state index contributed by atoms with van der Waals surface area (Å²) in [4.78, 5) is 39.0. The first kappa shape index (κ1) is 19.5. The van der Waals surface area contributed by atoms with E-state index in [1.54, 1.807) is 11.9 Å². The number of aliphatic carboxylic acids is 1.